The molecular formula is C5H5Cl2IN+. The van der Waals surface area contributed by atoms with E-state index in [-0.39, 0.29) is 5.50 Å². The number of nitrogens with two attached hydrogens (primary N) is 1. The Hall–Kier alpha value is 0.750. The van der Waals surface area contributed by atoms with Crippen molar-refractivity contribution in [1.29, 1.82) is 0 Å². The molecule has 1 nitrogen and oxygen atoms in total. The highest BCUT2D eigenvalue weighted by molar-refractivity contribution is 14.1. The van der Waals surface area contributed by atoms with Crippen molar-refractivity contribution in [2.75, 3.05) is 0 Å². The van der Waals surface area contributed by atoms with Crippen LogP contribution in [0.25, 0.3) is 0 Å². The van der Waals surface area contributed by atoms with E-state index in [0.717, 1.165) is 8.61 Å². The van der Waals surface area contributed by atoms with Crippen LogP contribution in [0.4, 0.5) is 0 Å². The number of alkyl halides is 1. The molecule has 2 N–H and O–H groups in total. The summed E-state index contributed by atoms with van der Waals surface area (Å²) < 4.78 is 1.02. The van der Waals surface area contributed by atoms with Gasteiger partial charge in [0.1, 0.15) is 11.2 Å². The van der Waals surface area contributed by atoms with Gasteiger partial charge >= 0.3 is 0 Å². The van der Waals surface area contributed by atoms with Crippen molar-refractivity contribution in [2.24, 2.45) is 0 Å². The molecule has 0 aliphatic carbocycles. The number of rotatable bonds is 0. The summed E-state index contributed by atoms with van der Waals surface area (Å²) in [5.74, 6) is 0. The highest BCUT2D eigenvalue weighted by Gasteiger charge is 2.11. The Labute approximate surface area is 77.2 Å². The maximum Gasteiger partial charge on any atom is 0.186 e. The van der Waals surface area contributed by atoms with E-state index in [1.165, 1.54) is 0 Å². The van der Waals surface area contributed by atoms with Crippen LogP contribution in [-0.2, 0) is 0 Å². The molecular weight excluding hydrogens is 272 g/mol. The molecule has 1 aliphatic rings. The number of hydrogen-bond acceptors (Lipinski definition) is 0. The van der Waals surface area contributed by atoms with E-state index < -0.39 is 0 Å². The van der Waals surface area contributed by atoms with Crippen molar-refractivity contribution in [3.63, 3.8) is 0 Å². The van der Waals surface area contributed by atoms with Gasteiger partial charge in [0.15, 0.2) is 5.50 Å². The number of quaternary nitrogens is 1. The second-order valence-electron chi connectivity index (χ2n) is 1.67. The molecule has 0 aromatic carbocycles. The van der Waals surface area contributed by atoms with Crippen LogP contribution in [0.3, 0.4) is 0 Å². The molecule has 1 unspecified atom stereocenters. The summed E-state index contributed by atoms with van der Waals surface area (Å²) in [6.45, 7) is 0. The van der Waals surface area contributed by atoms with Gasteiger partial charge in [0.05, 0.1) is 0 Å². The minimum absolute atomic E-state index is 0.0133. The average Bonchev–Trinajstić information content (AvgIpc) is 1.80. The Morgan fingerprint density at radius 3 is 2.78 bits per heavy atom. The van der Waals surface area contributed by atoms with Gasteiger partial charge in [-0.3, -0.25) is 0 Å². The first-order valence-corrected chi connectivity index (χ1v) is 4.32. The predicted octanol–water partition coefficient (Wildman–Crippen LogP) is 1.53. The summed E-state index contributed by atoms with van der Waals surface area (Å²) in [6.07, 6.45) is 3.73. The molecule has 0 fully saturated rings. The molecule has 9 heavy (non-hydrogen) atoms. The molecule has 0 saturated carbocycles. The van der Waals surface area contributed by atoms with Gasteiger partial charge in [-0.05, 0) is 22.6 Å². The largest absolute Gasteiger partial charge is 0.300 e. The highest BCUT2D eigenvalue weighted by atomic mass is 127. The summed E-state index contributed by atoms with van der Waals surface area (Å²) >= 11 is 13.6. The molecule has 1 rings (SSSR count). The lowest BCUT2D eigenvalue weighted by molar-refractivity contribution is -0.595. The summed E-state index contributed by atoms with van der Waals surface area (Å²) in [5.41, 5.74) is 0.0133. The number of halogens is 3. The minimum Gasteiger partial charge on any atom is -0.300 e. The fourth-order valence-corrected chi connectivity index (χ4v) is 1.65. The third-order valence-corrected chi connectivity index (χ3v) is 2.82. The maximum absolute atomic E-state index is 5.74. The minimum atomic E-state index is 0.0133. The first kappa shape index (κ1) is 7.85. The van der Waals surface area contributed by atoms with Crippen molar-refractivity contribution < 1.29 is 5.32 Å². The second kappa shape index (κ2) is 3.23. The zero-order chi connectivity index (χ0) is 6.85. The molecule has 4 heteroatoms. The van der Waals surface area contributed by atoms with Gasteiger partial charge < -0.3 is 5.32 Å². The van der Waals surface area contributed by atoms with E-state index in [9.17, 15) is 0 Å². The Bertz CT molecular complexity index is 176. The van der Waals surface area contributed by atoms with Crippen molar-refractivity contribution in [3.05, 3.63) is 20.9 Å². The second-order valence-corrected chi connectivity index (χ2v) is 3.74. The molecule has 0 spiro atoms. The van der Waals surface area contributed by atoms with E-state index in [4.69, 9.17) is 23.2 Å². The number of allylic oxidation sites excluding steroid dienone is 2. The van der Waals surface area contributed by atoms with E-state index in [2.05, 4.69) is 22.6 Å². The van der Waals surface area contributed by atoms with Gasteiger partial charge in [-0.15, -0.1) is 0 Å². The van der Waals surface area contributed by atoms with Crippen LogP contribution in [0.1, 0.15) is 0 Å². The van der Waals surface area contributed by atoms with Crippen LogP contribution in [-0.4, -0.2) is 5.50 Å². The molecule has 1 heterocycles. The maximum atomic E-state index is 5.74. The normalized spacial score (nSPS) is 27.2. The van der Waals surface area contributed by atoms with E-state index in [0.29, 0.717) is 0 Å². The summed E-state index contributed by atoms with van der Waals surface area (Å²) in [5, 5.41) is 2.62. The smallest absolute Gasteiger partial charge is 0.186 e. The molecule has 50 valence electrons. The van der Waals surface area contributed by atoms with Crippen LogP contribution >= 0.6 is 45.8 Å². The van der Waals surface area contributed by atoms with Crippen LogP contribution in [0.2, 0.25) is 0 Å². The van der Waals surface area contributed by atoms with Gasteiger partial charge in [-0.25, -0.2) is 0 Å². The summed E-state index contributed by atoms with van der Waals surface area (Å²) in [6, 6.07) is 0. The zero-order valence-electron chi connectivity index (χ0n) is 4.44. The van der Waals surface area contributed by atoms with Crippen LogP contribution in [0.5, 0.6) is 0 Å². The molecule has 0 amide bonds. The zero-order valence-corrected chi connectivity index (χ0v) is 8.11. The van der Waals surface area contributed by atoms with Gasteiger partial charge in [-0.1, -0.05) is 23.2 Å². The Morgan fingerprint density at radius 1 is 1.67 bits per heavy atom. The number of hydrogen-bond donors (Lipinski definition) is 1. The predicted molar refractivity (Wildman–Crippen MR) is 47.6 cm³/mol. The Balaban J connectivity index is 2.75. The summed E-state index contributed by atoms with van der Waals surface area (Å²) in [4.78, 5) is 0. The third kappa shape index (κ3) is 2.11. The van der Waals surface area contributed by atoms with Gasteiger partial charge in [0.2, 0.25) is 0 Å². The van der Waals surface area contributed by atoms with Gasteiger partial charge in [0, 0.05) is 9.66 Å². The topological polar surface area (TPSA) is 16.6 Å². The van der Waals surface area contributed by atoms with Gasteiger partial charge in [0.25, 0.3) is 0 Å². The average molecular weight is 277 g/mol. The van der Waals surface area contributed by atoms with E-state index >= 15 is 0 Å². The molecule has 0 bridgehead atoms. The first-order valence-electron chi connectivity index (χ1n) is 2.42. The fraction of sp³-hybridized carbons (Fsp3) is 0.200. The van der Waals surface area contributed by atoms with Crippen LogP contribution in [0, 0.1) is 0 Å². The fourth-order valence-electron chi connectivity index (χ4n) is 0.531. The Kier molecular flexibility index (Phi) is 2.82. The summed E-state index contributed by atoms with van der Waals surface area (Å²) in [7, 11) is 0. The van der Waals surface area contributed by atoms with Crippen molar-refractivity contribution in [2.45, 2.75) is 5.50 Å². The van der Waals surface area contributed by atoms with Crippen molar-refractivity contribution in [3.8, 4) is 0 Å². The van der Waals surface area contributed by atoms with E-state index in [1.807, 2.05) is 17.6 Å². The lowest BCUT2D eigenvalue weighted by Crippen LogP contribution is -2.83. The third-order valence-electron chi connectivity index (χ3n) is 0.960. The molecule has 0 aromatic rings. The monoisotopic (exact) mass is 276 g/mol. The van der Waals surface area contributed by atoms with Crippen LogP contribution in [0.15, 0.2) is 20.9 Å². The van der Waals surface area contributed by atoms with Crippen molar-refractivity contribution in [1.82, 2.24) is 0 Å². The SMILES string of the molecule is ClC1=C[NH2+]C(Cl)C=C1I. The first-order chi connectivity index (χ1) is 4.20. The quantitative estimate of drug-likeness (QED) is 0.393. The molecule has 1 atom stereocenters. The lowest BCUT2D eigenvalue weighted by atomic mass is 10.4. The molecule has 0 radical (unpaired) electrons. The molecule has 0 saturated heterocycles. The standard InChI is InChI=1S/C5H4Cl2IN/c6-3-2-9-5(7)1-4(3)8/h1-2,5,9H/p+1. The Morgan fingerprint density at radius 2 is 2.33 bits per heavy atom. The molecule has 0 aromatic heterocycles. The van der Waals surface area contributed by atoms with Crippen molar-refractivity contribution >= 4 is 45.8 Å². The van der Waals surface area contributed by atoms with Crippen LogP contribution < -0.4 is 5.32 Å². The lowest BCUT2D eigenvalue weighted by Gasteiger charge is -2.06. The van der Waals surface area contributed by atoms with Gasteiger partial charge in [-0.2, -0.15) is 0 Å². The highest BCUT2D eigenvalue weighted by Crippen LogP contribution is 2.22. The molecule has 1 aliphatic heterocycles. The van der Waals surface area contributed by atoms with E-state index in [1.54, 1.807) is 0 Å².